The minimum absolute atomic E-state index is 0.00644. The molecule has 98 valence electrons. The Balaban J connectivity index is 2.26. The Morgan fingerprint density at radius 3 is 2.63 bits per heavy atom. The van der Waals surface area contributed by atoms with Crippen molar-refractivity contribution in [1.29, 1.82) is 0 Å². The van der Waals surface area contributed by atoms with E-state index < -0.39 is 11.7 Å². The Labute approximate surface area is 122 Å². The summed E-state index contributed by atoms with van der Waals surface area (Å²) < 4.78 is 13.2. The zero-order valence-electron chi connectivity index (χ0n) is 9.12. The Morgan fingerprint density at radius 2 is 1.95 bits per heavy atom. The summed E-state index contributed by atoms with van der Waals surface area (Å²) >= 11 is 17.0. The van der Waals surface area contributed by atoms with E-state index in [9.17, 15) is 9.18 Å². The minimum Gasteiger partial charge on any atom is -0.305 e. The van der Waals surface area contributed by atoms with Crippen LogP contribution in [0.3, 0.4) is 0 Å². The molecule has 0 atom stereocenters. The number of halogens is 4. The van der Waals surface area contributed by atoms with Gasteiger partial charge in [-0.25, -0.2) is 14.4 Å². The monoisotopic (exact) mass is 319 g/mol. The molecule has 0 radical (unpaired) electrons. The third-order valence-electron chi connectivity index (χ3n) is 2.16. The number of carbonyl (C=O) groups excluding carboxylic acids is 1. The van der Waals surface area contributed by atoms with Gasteiger partial charge in [0.15, 0.2) is 11.0 Å². The van der Waals surface area contributed by atoms with Gasteiger partial charge in [0.2, 0.25) is 0 Å². The number of amides is 1. The van der Waals surface area contributed by atoms with E-state index in [2.05, 4.69) is 15.3 Å². The maximum atomic E-state index is 13.2. The second kappa shape index (κ2) is 5.69. The fourth-order valence-corrected chi connectivity index (χ4v) is 1.65. The van der Waals surface area contributed by atoms with Crippen molar-refractivity contribution in [2.24, 2.45) is 0 Å². The smallest absolute Gasteiger partial charge is 0.256 e. The van der Waals surface area contributed by atoms with Crippen LogP contribution in [0.1, 0.15) is 10.4 Å². The van der Waals surface area contributed by atoms with Crippen molar-refractivity contribution in [1.82, 2.24) is 9.97 Å². The summed E-state index contributed by atoms with van der Waals surface area (Å²) in [6.07, 6.45) is 1.15. The average molecular weight is 321 g/mol. The molecule has 19 heavy (non-hydrogen) atoms. The molecule has 1 amide bonds. The lowest BCUT2D eigenvalue weighted by molar-refractivity contribution is 0.102. The van der Waals surface area contributed by atoms with Crippen LogP contribution in [0.15, 0.2) is 24.5 Å². The van der Waals surface area contributed by atoms with Gasteiger partial charge in [-0.15, -0.1) is 0 Å². The first-order valence-electron chi connectivity index (χ1n) is 4.91. The largest absolute Gasteiger partial charge is 0.305 e. The van der Waals surface area contributed by atoms with Gasteiger partial charge in [0.05, 0.1) is 5.02 Å². The van der Waals surface area contributed by atoms with E-state index in [1.807, 2.05) is 0 Å². The predicted octanol–water partition coefficient (Wildman–Crippen LogP) is 3.83. The molecule has 0 saturated carbocycles. The summed E-state index contributed by atoms with van der Waals surface area (Å²) in [6, 6.07) is 3.66. The van der Waals surface area contributed by atoms with Crippen LogP contribution in [0.5, 0.6) is 0 Å². The third kappa shape index (κ3) is 3.12. The Hall–Kier alpha value is -1.43. The van der Waals surface area contributed by atoms with Crippen LogP contribution in [0.4, 0.5) is 10.2 Å². The second-order valence-corrected chi connectivity index (χ2v) is 4.55. The Kier molecular flexibility index (Phi) is 4.19. The number of hydrogen-bond acceptors (Lipinski definition) is 3. The summed E-state index contributed by atoms with van der Waals surface area (Å²) in [5.74, 6) is -1.24. The molecule has 8 heteroatoms. The van der Waals surface area contributed by atoms with Gasteiger partial charge in [-0.3, -0.25) is 4.79 Å². The molecular formula is C11H5Cl3FN3O. The fraction of sp³-hybridized carbons (Fsp3) is 0. The average Bonchev–Trinajstić information content (AvgIpc) is 2.38. The van der Waals surface area contributed by atoms with Gasteiger partial charge in [0.25, 0.3) is 5.91 Å². The minimum atomic E-state index is -0.693. The number of carbonyl (C=O) groups is 1. The van der Waals surface area contributed by atoms with Crippen LogP contribution < -0.4 is 5.32 Å². The molecular weight excluding hydrogens is 315 g/mol. The van der Waals surface area contributed by atoms with Crippen molar-refractivity contribution in [2.75, 3.05) is 5.32 Å². The lowest BCUT2D eigenvalue weighted by atomic mass is 10.2. The second-order valence-electron chi connectivity index (χ2n) is 3.41. The molecule has 1 aromatic heterocycles. The van der Waals surface area contributed by atoms with Crippen LogP contribution in [-0.2, 0) is 0 Å². The molecule has 4 nitrogen and oxygen atoms in total. The van der Waals surface area contributed by atoms with Crippen molar-refractivity contribution in [3.8, 4) is 0 Å². The molecule has 1 N–H and O–H groups in total. The lowest BCUT2D eigenvalue weighted by Crippen LogP contribution is -2.13. The highest BCUT2D eigenvalue weighted by Gasteiger charge is 2.13. The number of aromatic nitrogens is 2. The van der Waals surface area contributed by atoms with Gasteiger partial charge in [0, 0.05) is 5.56 Å². The van der Waals surface area contributed by atoms with Crippen LogP contribution in [0.2, 0.25) is 15.2 Å². The van der Waals surface area contributed by atoms with E-state index in [1.54, 1.807) is 0 Å². The quantitative estimate of drug-likeness (QED) is 0.856. The van der Waals surface area contributed by atoms with Gasteiger partial charge in [-0.1, -0.05) is 34.8 Å². The van der Waals surface area contributed by atoms with E-state index in [4.69, 9.17) is 34.8 Å². The van der Waals surface area contributed by atoms with Crippen molar-refractivity contribution in [3.63, 3.8) is 0 Å². The van der Waals surface area contributed by atoms with Crippen LogP contribution in [0, 0.1) is 5.82 Å². The Morgan fingerprint density at radius 1 is 1.21 bits per heavy atom. The molecule has 1 heterocycles. The maximum Gasteiger partial charge on any atom is 0.256 e. The standard InChI is InChI=1S/C11H5Cl3FN3O/c12-6-2-1-5(3-7(6)15)11(19)18-10-8(13)9(14)16-4-17-10/h1-4H,(H,16,17,18,19). The first-order valence-corrected chi connectivity index (χ1v) is 6.05. The molecule has 2 rings (SSSR count). The lowest BCUT2D eigenvalue weighted by Gasteiger charge is -2.06. The first-order chi connectivity index (χ1) is 8.99. The number of benzene rings is 1. The van der Waals surface area contributed by atoms with E-state index >= 15 is 0 Å². The summed E-state index contributed by atoms with van der Waals surface area (Å²) in [5.41, 5.74) is 0.0766. The van der Waals surface area contributed by atoms with Gasteiger partial charge in [-0.2, -0.15) is 0 Å². The number of nitrogens with one attached hydrogen (secondary N) is 1. The van der Waals surface area contributed by atoms with Crippen LogP contribution >= 0.6 is 34.8 Å². The molecule has 0 fully saturated rings. The Bertz CT molecular complexity index is 651. The van der Waals surface area contributed by atoms with Crippen LogP contribution in [0.25, 0.3) is 0 Å². The van der Waals surface area contributed by atoms with E-state index in [-0.39, 0.29) is 26.6 Å². The SMILES string of the molecule is O=C(Nc1ncnc(Cl)c1Cl)c1ccc(Cl)c(F)c1. The topological polar surface area (TPSA) is 54.9 Å². The van der Waals surface area contributed by atoms with Gasteiger partial charge < -0.3 is 5.32 Å². The molecule has 0 bridgehead atoms. The van der Waals surface area contributed by atoms with Gasteiger partial charge in [0.1, 0.15) is 17.2 Å². The molecule has 2 aromatic rings. The summed E-state index contributed by atoms with van der Waals surface area (Å²) in [4.78, 5) is 19.3. The highest BCUT2D eigenvalue weighted by atomic mass is 35.5. The zero-order valence-corrected chi connectivity index (χ0v) is 11.4. The van der Waals surface area contributed by atoms with E-state index in [0.29, 0.717) is 0 Å². The number of rotatable bonds is 2. The van der Waals surface area contributed by atoms with Crippen molar-refractivity contribution >= 4 is 46.5 Å². The predicted molar refractivity (Wildman–Crippen MR) is 71.4 cm³/mol. The summed E-state index contributed by atoms with van der Waals surface area (Å²) in [6.45, 7) is 0. The highest BCUT2D eigenvalue weighted by molar-refractivity contribution is 6.43. The molecule has 0 unspecified atom stereocenters. The zero-order chi connectivity index (χ0) is 14.0. The molecule has 0 saturated heterocycles. The fourth-order valence-electron chi connectivity index (χ4n) is 1.25. The molecule has 1 aromatic carbocycles. The normalized spacial score (nSPS) is 10.3. The first kappa shape index (κ1) is 14.0. The van der Waals surface area contributed by atoms with Crippen molar-refractivity contribution < 1.29 is 9.18 Å². The number of hydrogen-bond donors (Lipinski definition) is 1. The van der Waals surface area contributed by atoms with Crippen LogP contribution in [-0.4, -0.2) is 15.9 Å². The van der Waals surface area contributed by atoms with E-state index in [1.165, 1.54) is 12.1 Å². The molecule has 0 aliphatic heterocycles. The third-order valence-corrected chi connectivity index (χ3v) is 3.21. The molecule has 0 spiro atoms. The summed E-state index contributed by atoms with van der Waals surface area (Å²) in [7, 11) is 0. The van der Waals surface area contributed by atoms with E-state index in [0.717, 1.165) is 12.4 Å². The van der Waals surface area contributed by atoms with Gasteiger partial charge in [-0.05, 0) is 18.2 Å². The maximum absolute atomic E-state index is 13.2. The molecule has 0 aliphatic rings. The number of nitrogens with zero attached hydrogens (tertiary/aromatic N) is 2. The number of anilines is 1. The van der Waals surface area contributed by atoms with Crippen molar-refractivity contribution in [3.05, 3.63) is 51.1 Å². The van der Waals surface area contributed by atoms with Crippen molar-refractivity contribution in [2.45, 2.75) is 0 Å². The summed E-state index contributed by atoms with van der Waals surface area (Å²) in [5, 5.41) is 2.34. The van der Waals surface area contributed by atoms with Gasteiger partial charge >= 0.3 is 0 Å². The highest BCUT2D eigenvalue weighted by Crippen LogP contribution is 2.26. The molecule has 0 aliphatic carbocycles.